The first kappa shape index (κ1) is 18.3. The van der Waals surface area contributed by atoms with E-state index in [-0.39, 0.29) is 18.2 Å². The summed E-state index contributed by atoms with van der Waals surface area (Å²) in [4.78, 5) is 4.42. The predicted molar refractivity (Wildman–Crippen MR) is 107 cm³/mol. The zero-order valence-electron chi connectivity index (χ0n) is 15.8. The topological polar surface area (TPSA) is 77.3 Å². The molecule has 0 aliphatic carbocycles. The Hall–Kier alpha value is -2.71. The summed E-state index contributed by atoms with van der Waals surface area (Å²) in [7, 11) is -3.54. The van der Waals surface area contributed by atoms with Crippen molar-refractivity contribution in [1.82, 2.24) is 19.1 Å². The van der Waals surface area contributed by atoms with Crippen molar-refractivity contribution >= 4 is 10.0 Å². The SMILES string of the molecule is O=S(=O)(c1ccc(-n2cccn2)cc1)N1C2CCC1CC(Oc1cccnc1)C2. The third kappa shape index (κ3) is 3.42. The van der Waals surface area contributed by atoms with Gasteiger partial charge in [0.2, 0.25) is 10.0 Å². The first-order chi connectivity index (χ1) is 14.1. The van der Waals surface area contributed by atoms with Crippen molar-refractivity contribution in [3.8, 4) is 11.4 Å². The summed E-state index contributed by atoms with van der Waals surface area (Å²) >= 11 is 0. The lowest BCUT2D eigenvalue weighted by molar-refractivity contribution is 0.0953. The summed E-state index contributed by atoms with van der Waals surface area (Å²) in [6, 6.07) is 12.4. The molecule has 0 amide bonds. The van der Waals surface area contributed by atoms with E-state index in [4.69, 9.17) is 4.74 Å². The number of ether oxygens (including phenoxy) is 1. The molecule has 0 N–H and O–H groups in total. The van der Waals surface area contributed by atoms with Crippen molar-refractivity contribution in [3.63, 3.8) is 0 Å². The zero-order valence-corrected chi connectivity index (χ0v) is 16.6. The molecule has 2 fully saturated rings. The predicted octanol–water partition coefficient (Wildman–Crippen LogP) is 3.03. The summed E-state index contributed by atoms with van der Waals surface area (Å²) in [6.45, 7) is 0. The standard InChI is InChI=1S/C21H22N4O3S/c26-29(27,21-8-6-16(7-9-21)24-12-2-11-23-24)25-17-4-5-18(25)14-20(13-17)28-19-3-1-10-22-15-19/h1-3,6-12,15,17-18,20H,4-5,13-14H2. The van der Waals surface area contributed by atoms with Gasteiger partial charge in [-0.1, -0.05) is 0 Å². The first-order valence-electron chi connectivity index (χ1n) is 9.81. The van der Waals surface area contributed by atoms with Gasteiger partial charge in [0.1, 0.15) is 11.9 Å². The number of piperidine rings is 1. The molecule has 4 heterocycles. The van der Waals surface area contributed by atoms with Crippen LogP contribution in [-0.2, 0) is 10.0 Å². The summed E-state index contributed by atoms with van der Waals surface area (Å²) < 4.78 is 36.2. The number of pyridine rings is 1. The molecule has 29 heavy (non-hydrogen) atoms. The Morgan fingerprint density at radius 3 is 2.34 bits per heavy atom. The van der Waals surface area contributed by atoms with E-state index in [1.165, 1.54) is 0 Å². The van der Waals surface area contributed by atoms with Gasteiger partial charge in [0.15, 0.2) is 0 Å². The molecule has 2 saturated heterocycles. The number of sulfonamides is 1. The normalized spacial score (nSPS) is 24.5. The number of benzene rings is 1. The molecule has 0 spiro atoms. The van der Waals surface area contributed by atoms with Gasteiger partial charge in [-0.15, -0.1) is 0 Å². The molecule has 7 nitrogen and oxygen atoms in total. The van der Waals surface area contributed by atoms with Gasteiger partial charge in [0, 0.05) is 43.5 Å². The van der Waals surface area contributed by atoms with Crippen LogP contribution in [0.25, 0.3) is 5.69 Å². The second-order valence-corrected chi connectivity index (χ2v) is 9.41. The van der Waals surface area contributed by atoms with Crippen LogP contribution in [0.1, 0.15) is 25.7 Å². The number of aromatic nitrogens is 3. The molecule has 2 aliphatic rings. The van der Waals surface area contributed by atoms with Crippen LogP contribution in [0.2, 0.25) is 0 Å². The summed E-state index contributed by atoms with van der Waals surface area (Å²) in [6.07, 6.45) is 10.1. The molecule has 2 aromatic heterocycles. The van der Waals surface area contributed by atoms with Crippen LogP contribution in [0.3, 0.4) is 0 Å². The number of fused-ring (bicyclic) bond motifs is 2. The number of nitrogens with zero attached hydrogens (tertiary/aromatic N) is 4. The molecule has 5 rings (SSSR count). The Labute approximate surface area is 170 Å². The Kier molecular flexibility index (Phi) is 4.60. The van der Waals surface area contributed by atoms with Gasteiger partial charge in [-0.3, -0.25) is 4.98 Å². The Morgan fingerprint density at radius 2 is 1.72 bits per heavy atom. The van der Waals surface area contributed by atoms with E-state index in [0.29, 0.717) is 17.7 Å². The molecule has 0 radical (unpaired) electrons. The molecule has 2 aliphatic heterocycles. The Morgan fingerprint density at radius 1 is 0.966 bits per heavy atom. The average Bonchev–Trinajstić information content (AvgIpc) is 3.36. The highest BCUT2D eigenvalue weighted by molar-refractivity contribution is 7.89. The molecule has 2 bridgehead atoms. The highest BCUT2D eigenvalue weighted by atomic mass is 32.2. The van der Waals surface area contributed by atoms with Crippen molar-refractivity contribution in [2.45, 2.75) is 48.8 Å². The van der Waals surface area contributed by atoms with Gasteiger partial charge in [-0.2, -0.15) is 9.40 Å². The minimum absolute atomic E-state index is 0.0188. The van der Waals surface area contributed by atoms with Crippen molar-refractivity contribution in [2.75, 3.05) is 0 Å². The van der Waals surface area contributed by atoms with Crippen molar-refractivity contribution in [1.29, 1.82) is 0 Å². The summed E-state index contributed by atoms with van der Waals surface area (Å²) in [5.74, 6) is 0.738. The highest BCUT2D eigenvalue weighted by Gasteiger charge is 2.47. The molecule has 1 aromatic carbocycles. The van der Waals surface area contributed by atoms with Gasteiger partial charge >= 0.3 is 0 Å². The zero-order chi connectivity index (χ0) is 19.8. The monoisotopic (exact) mass is 410 g/mol. The second-order valence-electron chi connectivity index (χ2n) is 7.56. The number of rotatable bonds is 5. The lowest BCUT2D eigenvalue weighted by atomic mass is 10.0. The average molecular weight is 410 g/mol. The van der Waals surface area contributed by atoms with Crippen LogP contribution >= 0.6 is 0 Å². The minimum atomic E-state index is -3.54. The van der Waals surface area contributed by atoms with E-state index in [0.717, 1.165) is 24.3 Å². The number of hydrogen-bond donors (Lipinski definition) is 0. The Balaban J connectivity index is 1.34. The third-order valence-electron chi connectivity index (χ3n) is 5.74. The van der Waals surface area contributed by atoms with Gasteiger partial charge in [-0.25, -0.2) is 13.1 Å². The lowest BCUT2D eigenvalue weighted by Gasteiger charge is -2.37. The molecular formula is C21H22N4O3S. The summed E-state index contributed by atoms with van der Waals surface area (Å²) in [5.41, 5.74) is 0.834. The number of hydrogen-bond acceptors (Lipinski definition) is 5. The van der Waals surface area contributed by atoms with Crippen molar-refractivity contribution in [3.05, 3.63) is 67.3 Å². The molecular weight excluding hydrogens is 388 g/mol. The highest BCUT2D eigenvalue weighted by Crippen LogP contribution is 2.40. The van der Waals surface area contributed by atoms with Crippen LogP contribution in [0.5, 0.6) is 5.75 Å². The van der Waals surface area contributed by atoms with Crippen molar-refractivity contribution < 1.29 is 13.2 Å². The second kappa shape index (κ2) is 7.27. The lowest BCUT2D eigenvalue weighted by Crippen LogP contribution is -2.49. The largest absolute Gasteiger partial charge is 0.489 e. The fraction of sp³-hybridized carbons (Fsp3) is 0.333. The minimum Gasteiger partial charge on any atom is -0.489 e. The Bertz CT molecular complexity index is 1050. The maximum atomic E-state index is 13.4. The van der Waals surface area contributed by atoms with Gasteiger partial charge in [0.25, 0.3) is 0 Å². The van der Waals surface area contributed by atoms with Gasteiger partial charge in [-0.05, 0) is 55.3 Å². The van der Waals surface area contributed by atoms with Crippen LogP contribution in [-0.4, -0.2) is 45.7 Å². The summed E-state index contributed by atoms with van der Waals surface area (Å²) in [5, 5.41) is 4.18. The molecule has 150 valence electrons. The molecule has 8 heteroatoms. The van der Waals surface area contributed by atoms with Gasteiger partial charge < -0.3 is 4.74 Å². The first-order valence-corrected chi connectivity index (χ1v) is 11.3. The van der Waals surface area contributed by atoms with Crippen LogP contribution in [0.15, 0.2) is 72.1 Å². The van der Waals surface area contributed by atoms with E-state index in [1.54, 1.807) is 51.8 Å². The van der Waals surface area contributed by atoms with Crippen LogP contribution in [0.4, 0.5) is 0 Å². The van der Waals surface area contributed by atoms with E-state index in [2.05, 4.69) is 10.1 Å². The van der Waals surface area contributed by atoms with Crippen LogP contribution < -0.4 is 4.74 Å². The fourth-order valence-corrected chi connectivity index (χ4v) is 6.39. The molecule has 3 aromatic rings. The maximum absolute atomic E-state index is 13.4. The van der Waals surface area contributed by atoms with E-state index in [9.17, 15) is 8.42 Å². The molecule has 2 atom stereocenters. The van der Waals surface area contributed by atoms with E-state index in [1.807, 2.05) is 24.4 Å². The maximum Gasteiger partial charge on any atom is 0.243 e. The van der Waals surface area contributed by atoms with E-state index >= 15 is 0 Å². The third-order valence-corrected chi connectivity index (χ3v) is 7.76. The quantitative estimate of drug-likeness (QED) is 0.646. The molecule has 2 unspecified atom stereocenters. The smallest absolute Gasteiger partial charge is 0.243 e. The molecule has 0 saturated carbocycles. The van der Waals surface area contributed by atoms with E-state index < -0.39 is 10.0 Å². The van der Waals surface area contributed by atoms with Gasteiger partial charge in [0.05, 0.1) is 16.8 Å². The fourth-order valence-electron chi connectivity index (χ4n) is 4.50. The van der Waals surface area contributed by atoms with Crippen molar-refractivity contribution in [2.24, 2.45) is 0 Å². The van der Waals surface area contributed by atoms with Crippen LogP contribution in [0, 0.1) is 0 Å².